The number of allylic oxidation sites excluding steroid dienone is 2. The van der Waals surface area contributed by atoms with Gasteiger partial charge in [-0.3, -0.25) is 19.7 Å². The van der Waals surface area contributed by atoms with Crippen molar-refractivity contribution in [3.8, 4) is 5.75 Å². The molecule has 0 aromatic heterocycles. The number of imide groups is 1. The summed E-state index contributed by atoms with van der Waals surface area (Å²) < 4.78 is 5.10. The van der Waals surface area contributed by atoms with Crippen molar-refractivity contribution in [2.75, 3.05) is 0 Å². The SMILES string of the molecule is CC(Oc1ccc(C=NN2C(=O)C3C4C=CC(C4)C3C2=O)cc1[N+](=O)[O-])C(=O)O. The normalized spacial score (nSPS) is 28.2. The molecule has 1 heterocycles. The van der Waals surface area contributed by atoms with Crippen LogP contribution in [-0.2, 0) is 14.4 Å². The van der Waals surface area contributed by atoms with Gasteiger partial charge in [-0.05, 0) is 37.3 Å². The Morgan fingerprint density at radius 2 is 1.93 bits per heavy atom. The quantitative estimate of drug-likeness (QED) is 0.252. The fourth-order valence-corrected chi connectivity index (χ4v) is 4.22. The topological polar surface area (TPSA) is 139 Å². The second kappa shape index (κ2) is 6.80. The monoisotopic (exact) mass is 399 g/mol. The number of rotatable bonds is 6. The van der Waals surface area contributed by atoms with E-state index < -0.39 is 22.7 Å². The van der Waals surface area contributed by atoms with Gasteiger partial charge in [0.1, 0.15) is 0 Å². The van der Waals surface area contributed by atoms with Crippen molar-refractivity contribution in [2.45, 2.75) is 19.4 Å². The van der Waals surface area contributed by atoms with Gasteiger partial charge in [0.15, 0.2) is 11.9 Å². The first-order valence-corrected chi connectivity index (χ1v) is 9.06. The van der Waals surface area contributed by atoms with Gasteiger partial charge in [-0.2, -0.15) is 10.1 Å². The number of nitro groups is 1. The second-order valence-electron chi connectivity index (χ2n) is 7.32. The Kier molecular flexibility index (Phi) is 4.40. The molecule has 29 heavy (non-hydrogen) atoms. The molecular weight excluding hydrogens is 382 g/mol. The zero-order valence-corrected chi connectivity index (χ0v) is 15.3. The fraction of sp³-hybridized carbons (Fsp3) is 0.368. The molecule has 1 saturated heterocycles. The first-order chi connectivity index (χ1) is 13.8. The summed E-state index contributed by atoms with van der Waals surface area (Å²) in [4.78, 5) is 46.7. The molecule has 1 aromatic carbocycles. The van der Waals surface area contributed by atoms with E-state index in [0.29, 0.717) is 0 Å². The Balaban J connectivity index is 1.55. The average molecular weight is 399 g/mol. The Morgan fingerprint density at radius 1 is 1.31 bits per heavy atom. The van der Waals surface area contributed by atoms with Crippen LogP contribution in [0.5, 0.6) is 5.75 Å². The first-order valence-electron chi connectivity index (χ1n) is 9.06. The van der Waals surface area contributed by atoms with Crippen LogP contribution < -0.4 is 4.74 Å². The highest BCUT2D eigenvalue weighted by Crippen LogP contribution is 2.52. The number of carboxylic acid groups (broad SMARTS) is 1. The largest absolute Gasteiger partial charge is 0.479 e. The summed E-state index contributed by atoms with van der Waals surface area (Å²) >= 11 is 0. The number of amides is 2. The van der Waals surface area contributed by atoms with Crippen LogP contribution in [0.15, 0.2) is 35.5 Å². The summed E-state index contributed by atoms with van der Waals surface area (Å²) in [6.45, 7) is 1.25. The number of ether oxygens (including phenoxy) is 1. The number of carbonyl (C=O) groups excluding carboxylic acids is 2. The van der Waals surface area contributed by atoms with Crippen LogP contribution in [-0.4, -0.2) is 45.1 Å². The molecule has 4 rings (SSSR count). The average Bonchev–Trinajstić information content (AvgIpc) is 3.35. The van der Waals surface area contributed by atoms with E-state index in [2.05, 4.69) is 5.10 Å². The molecule has 2 bridgehead atoms. The third kappa shape index (κ3) is 3.06. The van der Waals surface area contributed by atoms with Crippen molar-refractivity contribution >= 4 is 29.7 Å². The van der Waals surface area contributed by atoms with Gasteiger partial charge in [-0.25, -0.2) is 4.79 Å². The molecule has 10 nitrogen and oxygen atoms in total. The van der Waals surface area contributed by atoms with Crippen molar-refractivity contribution in [3.63, 3.8) is 0 Å². The lowest BCUT2D eigenvalue weighted by atomic mass is 9.85. The number of nitro benzene ring substituents is 1. The lowest BCUT2D eigenvalue weighted by molar-refractivity contribution is -0.386. The van der Waals surface area contributed by atoms with Crippen LogP contribution in [0.1, 0.15) is 18.9 Å². The molecule has 0 radical (unpaired) electrons. The number of benzene rings is 1. The number of nitrogens with zero attached hydrogens (tertiary/aromatic N) is 3. The van der Waals surface area contributed by atoms with Gasteiger partial charge < -0.3 is 9.84 Å². The molecule has 2 amide bonds. The summed E-state index contributed by atoms with van der Waals surface area (Å²) in [5.74, 6) is -2.78. The Hall–Kier alpha value is -3.56. The minimum Gasteiger partial charge on any atom is -0.479 e. The predicted molar refractivity (Wildman–Crippen MR) is 98.0 cm³/mol. The molecule has 2 aliphatic carbocycles. The van der Waals surface area contributed by atoms with Crippen molar-refractivity contribution in [2.24, 2.45) is 28.8 Å². The number of fused-ring (bicyclic) bond motifs is 5. The molecule has 2 fully saturated rings. The minimum atomic E-state index is -1.27. The van der Waals surface area contributed by atoms with Crippen LogP contribution in [0.25, 0.3) is 0 Å². The molecule has 5 atom stereocenters. The maximum Gasteiger partial charge on any atom is 0.344 e. The van der Waals surface area contributed by atoms with E-state index in [0.717, 1.165) is 17.5 Å². The molecule has 1 N–H and O–H groups in total. The van der Waals surface area contributed by atoms with Gasteiger partial charge >= 0.3 is 11.7 Å². The van der Waals surface area contributed by atoms with Crippen molar-refractivity contribution in [3.05, 3.63) is 46.0 Å². The smallest absolute Gasteiger partial charge is 0.344 e. The highest BCUT2D eigenvalue weighted by molar-refractivity contribution is 6.06. The molecule has 10 heteroatoms. The molecule has 5 unspecified atom stereocenters. The van der Waals surface area contributed by atoms with Gasteiger partial charge in [-0.1, -0.05) is 12.2 Å². The first kappa shape index (κ1) is 18.8. The number of hydrazone groups is 1. The lowest BCUT2D eigenvalue weighted by Gasteiger charge is -2.13. The van der Waals surface area contributed by atoms with Crippen LogP contribution in [0.4, 0.5) is 5.69 Å². The summed E-state index contributed by atoms with van der Waals surface area (Å²) in [7, 11) is 0. The van der Waals surface area contributed by atoms with E-state index >= 15 is 0 Å². The van der Waals surface area contributed by atoms with E-state index in [1.165, 1.54) is 25.3 Å². The second-order valence-corrected chi connectivity index (χ2v) is 7.32. The van der Waals surface area contributed by atoms with Gasteiger partial charge in [0.2, 0.25) is 0 Å². The fourth-order valence-electron chi connectivity index (χ4n) is 4.22. The number of carboxylic acids is 1. The van der Waals surface area contributed by atoms with Gasteiger partial charge in [-0.15, -0.1) is 0 Å². The molecule has 1 saturated carbocycles. The van der Waals surface area contributed by atoms with Gasteiger partial charge in [0, 0.05) is 11.6 Å². The predicted octanol–water partition coefficient (Wildman–Crippen LogP) is 1.59. The Bertz CT molecular complexity index is 956. The number of hydrogen-bond donors (Lipinski definition) is 1. The molecule has 1 aromatic rings. The van der Waals surface area contributed by atoms with Crippen LogP contribution in [0.3, 0.4) is 0 Å². The number of carbonyl (C=O) groups is 3. The number of aliphatic carboxylic acids is 1. The molecule has 1 aliphatic heterocycles. The summed E-state index contributed by atoms with van der Waals surface area (Å²) in [5, 5.41) is 25.0. The van der Waals surface area contributed by atoms with Crippen molar-refractivity contribution < 1.29 is 29.2 Å². The maximum atomic E-state index is 12.6. The van der Waals surface area contributed by atoms with E-state index in [-0.39, 0.29) is 46.8 Å². The molecule has 3 aliphatic rings. The van der Waals surface area contributed by atoms with Gasteiger partial charge in [0.25, 0.3) is 11.8 Å². The highest BCUT2D eigenvalue weighted by Gasteiger charge is 2.59. The van der Waals surface area contributed by atoms with Crippen molar-refractivity contribution in [1.29, 1.82) is 0 Å². The summed E-state index contributed by atoms with van der Waals surface area (Å²) in [6.07, 6.45) is 4.70. The maximum absolute atomic E-state index is 12.6. The zero-order chi connectivity index (χ0) is 20.9. The van der Waals surface area contributed by atoms with Crippen LogP contribution >= 0.6 is 0 Å². The van der Waals surface area contributed by atoms with E-state index in [4.69, 9.17) is 9.84 Å². The minimum absolute atomic E-state index is 0.0652. The summed E-state index contributed by atoms with van der Waals surface area (Å²) in [6, 6.07) is 3.83. The number of hydrogen-bond acceptors (Lipinski definition) is 7. The van der Waals surface area contributed by atoms with E-state index in [9.17, 15) is 24.5 Å². The highest BCUT2D eigenvalue weighted by atomic mass is 16.6. The van der Waals surface area contributed by atoms with Crippen LogP contribution in [0.2, 0.25) is 0 Å². The Morgan fingerprint density at radius 3 is 2.48 bits per heavy atom. The molecule has 150 valence electrons. The van der Waals surface area contributed by atoms with Crippen LogP contribution in [0, 0.1) is 33.8 Å². The van der Waals surface area contributed by atoms with E-state index in [1.807, 2.05) is 12.2 Å². The lowest BCUT2D eigenvalue weighted by Crippen LogP contribution is -2.28. The molecular formula is C19H17N3O7. The molecule has 0 spiro atoms. The zero-order valence-electron chi connectivity index (χ0n) is 15.3. The van der Waals surface area contributed by atoms with Gasteiger partial charge in [0.05, 0.1) is 23.0 Å². The standard InChI is InChI=1S/C19H17N3O7/c1-9(19(25)26)29-14-5-2-10(6-13(14)22(27)28)8-20-21-17(23)15-11-3-4-12(7-11)16(15)18(21)24/h2-6,8-9,11-12,15-16H,7H2,1H3,(H,25,26). The van der Waals surface area contributed by atoms with Crippen molar-refractivity contribution in [1.82, 2.24) is 5.01 Å². The van der Waals surface area contributed by atoms with E-state index in [1.54, 1.807) is 0 Å². The Labute approximate surface area is 164 Å². The third-order valence-corrected chi connectivity index (χ3v) is 5.60. The third-order valence-electron chi connectivity index (χ3n) is 5.60. The summed E-state index contributed by atoms with van der Waals surface area (Å²) in [5.41, 5.74) is -0.175.